The number of ether oxygens (including phenoxy) is 2. The van der Waals surface area contributed by atoms with Crippen LogP contribution in [-0.4, -0.2) is 104 Å². The van der Waals surface area contributed by atoms with Gasteiger partial charge in [0.1, 0.15) is 23.9 Å². The standard InChI is InChI=1S/C37H47N9O7S/c1-20(2)29(42-36(50)52-5)33(48)45-15-7-9-25(45)31-38-17-24(39-31)22-11-13-23(14-12-22)27-18-44-19-28(41-35(44)54-27)40-32(47)26-10-8-16-46(26)34(49)30(21(3)4)43-37(51)53-6/h11-14,17-21,25-26,29-30H,7-10,15-16H2,1-6H3,(H,38,39)(H,40,47)(H,42,50)(H,43,51)/t25-,26-,29-,30-/m0/s1. The summed E-state index contributed by atoms with van der Waals surface area (Å²) >= 11 is 1.48. The Labute approximate surface area is 317 Å². The fourth-order valence-corrected chi connectivity index (χ4v) is 8.01. The summed E-state index contributed by atoms with van der Waals surface area (Å²) in [6.07, 6.45) is 6.92. The number of anilines is 1. The average Bonchev–Trinajstić information content (AvgIpc) is 4.00. The number of amides is 5. The van der Waals surface area contributed by atoms with E-state index in [4.69, 9.17) is 9.47 Å². The van der Waals surface area contributed by atoms with Gasteiger partial charge in [0, 0.05) is 19.3 Å². The second kappa shape index (κ2) is 16.3. The molecule has 4 N–H and O–H groups in total. The molecule has 288 valence electrons. The van der Waals surface area contributed by atoms with Crippen molar-refractivity contribution >= 4 is 52.0 Å². The second-order valence-electron chi connectivity index (χ2n) is 14.3. The minimum absolute atomic E-state index is 0.117. The Morgan fingerprint density at radius 2 is 1.43 bits per heavy atom. The van der Waals surface area contributed by atoms with E-state index in [1.54, 1.807) is 17.3 Å². The Balaban J connectivity index is 1.09. The molecule has 54 heavy (non-hydrogen) atoms. The van der Waals surface area contributed by atoms with Crippen LogP contribution in [0.4, 0.5) is 15.4 Å². The third-order valence-electron chi connectivity index (χ3n) is 9.96. The Bertz CT molecular complexity index is 1970. The van der Waals surface area contributed by atoms with Crippen molar-refractivity contribution in [1.82, 2.24) is 39.8 Å². The van der Waals surface area contributed by atoms with Crippen molar-refractivity contribution < 1.29 is 33.4 Å². The van der Waals surface area contributed by atoms with Crippen LogP contribution < -0.4 is 16.0 Å². The molecule has 4 atom stereocenters. The molecule has 5 heterocycles. The lowest BCUT2D eigenvalue weighted by Crippen LogP contribution is -2.54. The SMILES string of the molecule is COC(=O)N[C@H](C(=O)N1CCC[C@H]1C(=O)Nc1cn2cc(-c3ccc(-c4cnc([C@@H]5CCCN5C(=O)[C@@H](NC(=O)OC)C(C)C)[nH]4)cc3)sc2n1)C(C)C. The molecule has 5 amide bonds. The Morgan fingerprint density at radius 3 is 2.04 bits per heavy atom. The van der Waals surface area contributed by atoms with E-state index in [2.05, 4.69) is 30.9 Å². The van der Waals surface area contributed by atoms with Crippen LogP contribution in [-0.2, 0) is 23.9 Å². The number of aromatic nitrogens is 4. The maximum Gasteiger partial charge on any atom is 0.407 e. The van der Waals surface area contributed by atoms with E-state index in [1.165, 1.54) is 30.5 Å². The van der Waals surface area contributed by atoms with Crippen molar-refractivity contribution in [2.45, 2.75) is 77.5 Å². The molecule has 17 heteroatoms. The predicted molar refractivity (Wildman–Crippen MR) is 201 cm³/mol. The molecule has 0 aliphatic carbocycles. The molecule has 3 aromatic heterocycles. The smallest absolute Gasteiger partial charge is 0.407 e. The monoisotopic (exact) mass is 761 g/mol. The fraction of sp³-hybridized carbons (Fsp3) is 0.486. The van der Waals surface area contributed by atoms with E-state index in [9.17, 15) is 24.0 Å². The maximum absolute atomic E-state index is 13.5. The summed E-state index contributed by atoms with van der Waals surface area (Å²) in [4.78, 5) is 81.7. The summed E-state index contributed by atoms with van der Waals surface area (Å²) in [7, 11) is 2.52. The van der Waals surface area contributed by atoms with Gasteiger partial charge >= 0.3 is 12.2 Å². The van der Waals surface area contributed by atoms with E-state index in [-0.39, 0.29) is 35.6 Å². The van der Waals surface area contributed by atoms with E-state index in [0.29, 0.717) is 42.5 Å². The van der Waals surface area contributed by atoms with Crippen LogP contribution in [0.2, 0.25) is 0 Å². The van der Waals surface area contributed by atoms with Crippen LogP contribution in [0.5, 0.6) is 0 Å². The molecule has 4 aromatic rings. The first-order valence-electron chi connectivity index (χ1n) is 18.1. The highest BCUT2D eigenvalue weighted by atomic mass is 32.1. The average molecular weight is 762 g/mol. The van der Waals surface area contributed by atoms with Crippen molar-refractivity contribution in [3.05, 3.63) is 48.7 Å². The number of carbonyl (C=O) groups is 5. The lowest BCUT2D eigenvalue weighted by atomic mass is 10.0. The number of rotatable bonds is 11. The predicted octanol–water partition coefficient (Wildman–Crippen LogP) is 4.81. The van der Waals surface area contributed by atoms with Crippen molar-refractivity contribution in [2.24, 2.45) is 11.8 Å². The fourth-order valence-electron chi connectivity index (χ4n) is 7.04. The minimum atomic E-state index is -0.810. The zero-order valence-electron chi connectivity index (χ0n) is 31.3. The first-order valence-corrected chi connectivity index (χ1v) is 18.9. The molecule has 0 spiro atoms. The molecule has 0 unspecified atom stereocenters. The van der Waals surface area contributed by atoms with Gasteiger partial charge in [0.25, 0.3) is 0 Å². The Hall–Kier alpha value is -5.45. The van der Waals surface area contributed by atoms with Gasteiger partial charge in [0.15, 0.2) is 10.8 Å². The Morgan fingerprint density at radius 1 is 0.833 bits per heavy atom. The third kappa shape index (κ3) is 8.05. The Kier molecular flexibility index (Phi) is 11.5. The van der Waals surface area contributed by atoms with Gasteiger partial charge in [-0.3, -0.25) is 18.8 Å². The zero-order valence-corrected chi connectivity index (χ0v) is 32.1. The largest absolute Gasteiger partial charge is 0.453 e. The van der Waals surface area contributed by atoms with E-state index in [0.717, 1.165) is 34.5 Å². The number of aromatic amines is 1. The van der Waals surface area contributed by atoms with Crippen molar-refractivity contribution in [2.75, 3.05) is 32.6 Å². The number of thiazole rings is 1. The molecule has 6 rings (SSSR count). The number of fused-ring (bicyclic) bond motifs is 1. The van der Waals surface area contributed by atoms with Gasteiger partial charge in [-0.05, 0) is 48.6 Å². The van der Waals surface area contributed by atoms with Gasteiger partial charge in [-0.1, -0.05) is 63.3 Å². The number of nitrogens with zero attached hydrogens (tertiary/aromatic N) is 5. The third-order valence-corrected chi connectivity index (χ3v) is 11.0. The highest BCUT2D eigenvalue weighted by Gasteiger charge is 2.40. The van der Waals surface area contributed by atoms with Gasteiger partial charge in [-0.25, -0.2) is 19.6 Å². The summed E-state index contributed by atoms with van der Waals surface area (Å²) in [5.74, 6) is -0.0280. The van der Waals surface area contributed by atoms with Gasteiger partial charge in [0.2, 0.25) is 17.7 Å². The number of benzene rings is 1. The number of likely N-dealkylation sites (tertiary alicyclic amines) is 2. The van der Waals surface area contributed by atoms with Gasteiger partial charge in [-0.15, -0.1) is 0 Å². The number of imidazole rings is 2. The molecule has 1 aromatic carbocycles. The molecule has 16 nitrogen and oxygen atoms in total. The number of nitrogens with one attached hydrogen (secondary N) is 4. The van der Waals surface area contributed by atoms with Crippen LogP contribution in [0.15, 0.2) is 42.9 Å². The number of hydrogen-bond acceptors (Lipinski definition) is 10. The number of hydrogen-bond donors (Lipinski definition) is 4. The number of carbonyl (C=O) groups excluding carboxylic acids is 5. The van der Waals surface area contributed by atoms with Gasteiger partial charge in [0.05, 0.1) is 43.2 Å². The topological polar surface area (TPSA) is 192 Å². The first kappa shape index (κ1) is 38.3. The van der Waals surface area contributed by atoms with Gasteiger partial charge in [-0.2, -0.15) is 0 Å². The summed E-state index contributed by atoms with van der Waals surface area (Å²) in [6, 6.07) is 5.64. The summed E-state index contributed by atoms with van der Waals surface area (Å²) < 4.78 is 11.3. The second-order valence-corrected chi connectivity index (χ2v) is 15.3. The van der Waals surface area contributed by atoms with Crippen molar-refractivity contribution in [3.8, 4) is 21.7 Å². The highest BCUT2D eigenvalue weighted by Crippen LogP contribution is 2.34. The normalized spacial score (nSPS) is 18.2. The zero-order chi connectivity index (χ0) is 38.7. The van der Waals surface area contributed by atoms with Crippen LogP contribution in [0.25, 0.3) is 26.7 Å². The number of H-pyrrole nitrogens is 1. The molecular formula is C37H47N9O7S. The van der Waals surface area contributed by atoms with Crippen molar-refractivity contribution in [1.29, 1.82) is 0 Å². The van der Waals surface area contributed by atoms with Gasteiger partial charge < -0.3 is 40.2 Å². The van der Waals surface area contributed by atoms with Crippen LogP contribution in [0, 0.1) is 11.8 Å². The molecule has 0 radical (unpaired) electrons. The molecule has 2 fully saturated rings. The summed E-state index contributed by atoms with van der Waals surface area (Å²) in [5.41, 5.74) is 2.75. The number of methoxy groups -OCH3 is 2. The summed E-state index contributed by atoms with van der Waals surface area (Å²) in [6.45, 7) is 8.43. The van der Waals surface area contributed by atoms with Crippen LogP contribution >= 0.6 is 11.3 Å². The molecule has 0 bridgehead atoms. The lowest BCUT2D eigenvalue weighted by Gasteiger charge is -2.30. The van der Waals surface area contributed by atoms with E-state index < -0.39 is 30.3 Å². The minimum Gasteiger partial charge on any atom is -0.453 e. The van der Waals surface area contributed by atoms with E-state index in [1.807, 2.05) is 62.6 Å². The van der Waals surface area contributed by atoms with Crippen molar-refractivity contribution in [3.63, 3.8) is 0 Å². The first-order chi connectivity index (χ1) is 25.9. The summed E-state index contributed by atoms with van der Waals surface area (Å²) in [5, 5.41) is 8.15. The molecule has 2 aliphatic heterocycles. The quantitative estimate of drug-likeness (QED) is 0.166. The molecular weight excluding hydrogens is 715 g/mol. The molecule has 0 saturated carbocycles. The number of alkyl carbamates (subject to hydrolysis) is 2. The lowest BCUT2D eigenvalue weighted by molar-refractivity contribution is -0.139. The van der Waals surface area contributed by atoms with Crippen LogP contribution in [0.1, 0.15) is 65.2 Å². The van der Waals surface area contributed by atoms with E-state index >= 15 is 0 Å². The highest BCUT2D eigenvalue weighted by molar-refractivity contribution is 7.20. The maximum atomic E-state index is 13.5. The van der Waals surface area contributed by atoms with Crippen LogP contribution in [0.3, 0.4) is 0 Å². The molecule has 2 saturated heterocycles. The molecule has 2 aliphatic rings.